The van der Waals surface area contributed by atoms with Gasteiger partial charge in [-0.3, -0.25) is 0 Å². The van der Waals surface area contributed by atoms with Gasteiger partial charge in [0.25, 0.3) is 0 Å². The number of halogens is 2. The molecule has 1 aromatic heterocycles. The molecule has 5 heteroatoms. The Bertz CT molecular complexity index is 500. The lowest BCUT2D eigenvalue weighted by atomic mass is 10.2. The predicted molar refractivity (Wildman–Crippen MR) is 68.7 cm³/mol. The van der Waals surface area contributed by atoms with Crippen molar-refractivity contribution in [3.63, 3.8) is 0 Å². The molecule has 0 bridgehead atoms. The molecular weight excluding hydrogens is 336 g/mol. The monoisotopic (exact) mass is 342 g/mol. The zero-order chi connectivity index (χ0) is 11.5. The van der Waals surface area contributed by atoms with Crippen LogP contribution in [0.25, 0.3) is 0 Å². The van der Waals surface area contributed by atoms with Gasteiger partial charge in [-0.15, -0.1) is 0 Å². The first-order valence-electron chi connectivity index (χ1n) is 4.57. The summed E-state index contributed by atoms with van der Waals surface area (Å²) in [5.41, 5.74) is 1.03. The minimum atomic E-state index is 0.341. The lowest BCUT2D eigenvalue weighted by molar-refractivity contribution is 0.438. The van der Waals surface area contributed by atoms with Crippen molar-refractivity contribution in [2.75, 3.05) is 0 Å². The molecule has 0 aliphatic carbocycles. The molecule has 2 rings (SSSR count). The molecule has 0 atom stereocenters. The van der Waals surface area contributed by atoms with Crippen LogP contribution in [0.4, 0.5) is 0 Å². The average Bonchev–Trinajstić information content (AvgIpc) is 2.25. The first-order chi connectivity index (χ1) is 7.65. The highest BCUT2D eigenvalue weighted by atomic mass is 79.9. The average molecular weight is 344 g/mol. The summed E-state index contributed by atoms with van der Waals surface area (Å²) < 4.78 is 7.40. The Morgan fingerprint density at radius 3 is 2.38 bits per heavy atom. The second-order valence-corrected chi connectivity index (χ2v) is 5.03. The SMILES string of the molecule is Cc1cc(Br)ccc1Oc1ncc(Br)cn1. The topological polar surface area (TPSA) is 35.0 Å². The van der Waals surface area contributed by atoms with Crippen molar-refractivity contribution in [2.24, 2.45) is 0 Å². The van der Waals surface area contributed by atoms with E-state index in [1.54, 1.807) is 12.4 Å². The van der Waals surface area contributed by atoms with Crippen LogP contribution in [0.5, 0.6) is 11.8 Å². The first-order valence-corrected chi connectivity index (χ1v) is 6.15. The van der Waals surface area contributed by atoms with E-state index in [0.29, 0.717) is 6.01 Å². The normalized spacial score (nSPS) is 10.2. The molecule has 0 saturated carbocycles. The molecule has 0 N–H and O–H groups in total. The van der Waals surface area contributed by atoms with E-state index in [2.05, 4.69) is 41.8 Å². The van der Waals surface area contributed by atoms with Gasteiger partial charge in [0.2, 0.25) is 0 Å². The van der Waals surface area contributed by atoms with E-state index in [4.69, 9.17) is 4.74 Å². The van der Waals surface area contributed by atoms with Gasteiger partial charge in [0.1, 0.15) is 5.75 Å². The van der Waals surface area contributed by atoms with E-state index in [-0.39, 0.29) is 0 Å². The maximum absolute atomic E-state index is 5.56. The Labute approximate surface area is 110 Å². The van der Waals surface area contributed by atoms with Crippen LogP contribution in [0, 0.1) is 6.92 Å². The van der Waals surface area contributed by atoms with Crippen molar-refractivity contribution >= 4 is 31.9 Å². The Morgan fingerprint density at radius 2 is 1.75 bits per heavy atom. The van der Waals surface area contributed by atoms with Gasteiger partial charge in [-0.05, 0) is 46.6 Å². The Hall–Kier alpha value is -0.940. The van der Waals surface area contributed by atoms with Crippen LogP contribution in [0.1, 0.15) is 5.56 Å². The molecule has 82 valence electrons. The molecule has 1 heterocycles. The van der Waals surface area contributed by atoms with E-state index in [9.17, 15) is 0 Å². The van der Waals surface area contributed by atoms with E-state index >= 15 is 0 Å². The van der Waals surface area contributed by atoms with E-state index < -0.39 is 0 Å². The van der Waals surface area contributed by atoms with Gasteiger partial charge >= 0.3 is 6.01 Å². The Kier molecular flexibility index (Phi) is 3.56. The molecule has 0 fully saturated rings. The van der Waals surface area contributed by atoms with Gasteiger partial charge in [0.05, 0.1) is 4.47 Å². The van der Waals surface area contributed by atoms with Crippen LogP contribution in [0.15, 0.2) is 39.5 Å². The van der Waals surface area contributed by atoms with Crippen LogP contribution in [0.2, 0.25) is 0 Å². The minimum Gasteiger partial charge on any atom is -0.424 e. The third kappa shape index (κ3) is 2.80. The molecule has 0 radical (unpaired) electrons. The third-order valence-electron chi connectivity index (χ3n) is 1.93. The summed E-state index contributed by atoms with van der Waals surface area (Å²) in [6.07, 6.45) is 3.30. The molecule has 16 heavy (non-hydrogen) atoms. The Balaban J connectivity index is 2.23. The third-order valence-corrected chi connectivity index (χ3v) is 2.84. The van der Waals surface area contributed by atoms with Crippen LogP contribution >= 0.6 is 31.9 Å². The van der Waals surface area contributed by atoms with Crippen molar-refractivity contribution < 1.29 is 4.74 Å². The molecule has 0 aliphatic rings. The summed E-state index contributed by atoms with van der Waals surface area (Å²) in [5.74, 6) is 0.755. The van der Waals surface area contributed by atoms with Crippen LogP contribution < -0.4 is 4.74 Å². The second kappa shape index (κ2) is 4.93. The molecule has 2 aromatic rings. The van der Waals surface area contributed by atoms with Gasteiger partial charge in [0, 0.05) is 16.9 Å². The summed E-state index contributed by atoms with van der Waals surface area (Å²) in [6, 6.07) is 6.12. The quantitative estimate of drug-likeness (QED) is 0.823. The van der Waals surface area contributed by atoms with Gasteiger partial charge in [-0.1, -0.05) is 15.9 Å². The maximum Gasteiger partial charge on any atom is 0.321 e. The molecule has 0 spiro atoms. The number of ether oxygens (including phenoxy) is 1. The number of hydrogen-bond donors (Lipinski definition) is 0. The number of hydrogen-bond acceptors (Lipinski definition) is 3. The fraction of sp³-hybridized carbons (Fsp3) is 0.0909. The predicted octanol–water partition coefficient (Wildman–Crippen LogP) is 4.10. The zero-order valence-corrected chi connectivity index (χ0v) is 11.6. The van der Waals surface area contributed by atoms with Crippen molar-refractivity contribution in [3.8, 4) is 11.8 Å². The van der Waals surface area contributed by atoms with Crippen LogP contribution in [0.3, 0.4) is 0 Å². The smallest absolute Gasteiger partial charge is 0.321 e. The molecule has 1 aromatic carbocycles. The molecule has 0 saturated heterocycles. The summed E-state index contributed by atoms with van der Waals surface area (Å²) in [5, 5.41) is 0. The van der Waals surface area contributed by atoms with Crippen LogP contribution in [-0.4, -0.2) is 9.97 Å². The van der Waals surface area contributed by atoms with Crippen molar-refractivity contribution in [2.45, 2.75) is 6.92 Å². The summed E-state index contributed by atoms with van der Waals surface area (Å²) in [7, 11) is 0. The molecule has 0 amide bonds. The lowest BCUT2D eigenvalue weighted by Crippen LogP contribution is -1.92. The Morgan fingerprint density at radius 1 is 1.06 bits per heavy atom. The highest BCUT2D eigenvalue weighted by molar-refractivity contribution is 9.10. The van der Waals surface area contributed by atoms with Crippen molar-refractivity contribution in [1.29, 1.82) is 0 Å². The lowest BCUT2D eigenvalue weighted by Gasteiger charge is -2.06. The molecule has 0 unspecified atom stereocenters. The number of aryl methyl sites for hydroxylation is 1. The molecule has 3 nitrogen and oxygen atoms in total. The first kappa shape index (κ1) is 11.5. The molecular formula is C11H8Br2N2O. The van der Waals surface area contributed by atoms with Crippen molar-refractivity contribution in [3.05, 3.63) is 45.1 Å². The fourth-order valence-electron chi connectivity index (χ4n) is 1.18. The van der Waals surface area contributed by atoms with E-state index in [0.717, 1.165) is 20.3 Å². The summed E-state index contributed by atoms with van der Waals surface area (Å²) in [6.45, 7) is 1.97. The van der Waals surface area contributed by atoms with Gasteiger partial charge in [0.15, 0.2) is 0 Å². The number of benzene rings is 1. The van der Waals surface area contributed by atoms with Gasteiger partial charge in [-0.2, -0.15) is 0 Å². The van der Waals surface area contributed by atoms with Gasteiger partial charge < -0.3 is 4.74 Å². The zero-order valence-electron chi connectivity index (χ0n) is 8.45. The molecule has 0 aliphatic heterocycles. The number of aromatic nitrogens is 2. The summed E-state index contributed by atoms with van der Waals surface area (Å²) >= 11 is 6.67. The number of nitrogens with zero attached hydrogens (tertiary/aromatic N) is 2. The van der Waals surface area contributed by atoms with Gasteiger partial charge in [-0.25, -0.2) is 9.97 Å². The maximum atomic E-state index is 5.56. The van der Waals surface area contributed by atoms with E-state index in [1.165, 1.54) is 0 Å². The number of rotatable bonds is 2. The highest BCUT2D eigenvalue weighted by Crippen LogP contribution is 2.25. The standard InChI is InChI=1S/C11H8Br2N2O/c1-7-4-8(12)2-3-10(7)16-11-14-5-9(13)6-15-11/h2-6H,1H3. The van der Waals surface area contributed by atoms with E-state index in [1.807, 2.05) is 25.1 Å². The van der Waals surface area contributed by atoms with Crippen molar-refractivity contribution in [1.82, 2.24) is 9.97 Å². The highest BCUT2D eigenvalue weighted by Gasteiger charge is 2.03. The second-order valence-electron chi connectivity index (χ2n) is 3.20. The minimum absolute atomic E-state index is 0.341. The largest absolute Gasteiger partial charge is 0.424 e. The summed E-state index contributed by atoms with van der Waals surface area (Å²) in [4.78, 5) is 8.09. The fourth-order valence-corrected chi connectivity index (χ4v) is 1.86. The van der Waals surface area contributed by atoms with Crippen LogP contribution in [-0.2, 0) is 0 Å².